The van der Waals surface area contributed by atoms with Gasteiger partial charge in [-0.1, -0.05) is 16.8 Å². The van der Waals surface area contributed by atoms with Gasteiger partial charge in [0, 0.05) is 26.2 Å². The maximum absolute atomic E-state index is 13.8. The summed E-state index contributed by atoms with van der Waals surface area (Å²) in [5, 5.41) is 24.7. The van der Waals surface area contributed by atoms with Crippen LogP contribution in [0.1, 0.15) is 21.5 Å². The lowest BCUT2D eigenvalue weighted by atomic mass is 10.0. The van der Waals surface area contributed by atoms with Crippen LogP contribution in [0, 0.1) is 17.0 Å². The number of nitrogens with one attached hydrogen (secondary N) is 2. The molecule has 1 fully saturated rings. The highest BCUT2D eigenvalue weighted by atomic mass is 35.5. The third kappa shape index (κ3) is 4.88. The number of carbonyl (C=O) groups excluding carboxylic acids is 1. The number of aromatic nitrogens is 4. The average Bonchev–Trinajstić information content (AvgIpc) is 3.34. The molecule has 3 aromatic rings. The average molecular weight is 511 g/mol. The van der Waals surface area contributed by atoms with Crippen LogP contribution in [0.25, 0.3) is 5.69 Å². The number of hydrogen-bond donors (Lipinski definition) is 2. The van der Waals surface area contributed by atoms with Gasteiger partial charge in [0.05, 0.1) is 51.2 Å². The van der Waals surface area contributed by atoms with E-state index in [1.54, 1.807) is 6.07 Å². The van der Waals surface area contributed by atoms with Crippen LogP contribution in [-0.2, 0) is 6.18 Å². The molecule has 11 nitrogen and oxygen atoms in total. The Morgan fingerprint density at radius 3 is 2.57 bits per heavy atom. The lowest BCUT2D eigenvalue weighted by molar-refractivity contribution is -0.390. The summed E-state index contributed by atoms with van der Waals surface area (Å²) in [7, 11) is 0. The number of pyridine rings is 1. The number of rotatable bonds is 5. The Labute approximate surface area is 201 Å². The second-order valence-corrected chi connectivity index (χ2v) is 8.02. The highest BCUT2D eigenvalue weighted by Gasteiger charge is 2.41. The molecule has 2 aromatic heterocycles. The molecule has 35 heavy (non-hydrogen) atoms. The van der Waals surface area contributed by atoms with Crippen molar-refractivity contribution < 1.29 is 22.9 Å². The van der Waals surface area contributed by atoms with Crippen LogP contribution in [0.15, 0.2) is 30.7 Å². The second kappa shape index (κ2) is 9.46. The summed E-state index contributed by atoms with van der Waals surface area (Å²) < 4.78 is 42.9. The van der Waals surface area contributed by atoms with Crippen LogP contribution in [0.4, 0.5) is 30.4 Å². The zero-order valence-electron chi connectivity index (χ0n) is 18.1. The summed E-state index contributed by atoms with van der Waals surface area (Å²) in [6.07, 6.45) is -1.54. The molecule has 1 aliphatic heterocycles. The first-order valence-electron chi connectivity index (χ1n) is 10.3. The van der Waals surface area contributed by atoms with E-state index < -0.39 is 39.5 Å². The van der Waals surface area contributed by atoms with Crippen molar-refractivity contribution in [1.82, 2.24) is 25.3 Å². The van der Waals surface area contributed by atoms with Gasteiger partial charge < -0.3 is 25.6 Å². The van der Waals surface area contributed by atoms with Crippen molar-refractivity contribution in [3.8, 4) is 5.69 Å². The van der Waals surface area contributed by atoms with Gasteiger partial charge in [-0.3, -0.25) is 4.79 Å². The van der Waals surface area contributed by atoms with Crippen LogP contribution in [-0.4, -0.2) is 57.0 Å². The molecular formula is C20H18ClF3N8O3. The SMILES string of the molecule is Cc1c([N+](=O)[O-])ncc(C(=O)Nc2cc(-n3ccnn3)c(Cl)cc2N2CCNCC2)c1C(F)(F)F. The van der Waals surface area contributed by atoms with E-state index in [1.165, 1.54) is 23.1 Å². The fraction of sp³-hybridized carbons (Fsp3) is 0.300. The maximum Gasteiger partial charge on any atom is 0.417 e. The van der Waals surface area contributed by atoms with Crippen molar-refractivity contribution in [3.05, 3.63) is 62.6 Å². The van der Waals surface area contributed by atoms with Crippen LogP contribution in [0.2, 0.25) is 5.02 Å². The minimum Gasteiger partial charge on any atom is -0.367 e. The smallest absolute Gasteiger partial charge is 0.367 e. The largest absolute Gasteiger partial charge is 0.417 e. The molecule has 3 heterocycles. The molecule has 184 valence electrons. The molecule has 0 radical (unpaired) electrons. The zero-order valence-corrected chi connectivity index (χ0v) is 18.9. The fourth-order valence-electron chi connectivity index (χ4n) is 3.84. The van der Waals surface area contributed by atoms with Crippen molar-refractivity contribution in [2.24, 2.45) is 0 Å². The van der Waals surface area contributed by atoms with Crippen molar-refractivity contribution in [3.63, 3.8) is 0 Å². The standard InChI is InChI=1S/C20H18ClF3N8O3/c1-11-17(20(22,23)24)12(10-26-18(11)32(34)35)19(33)28-14-9-15(31-7-4-27-29-31)13(21)8-16(14)30-5-2-25-3-6-30/h4,7-10,25H,2-3,5-6H2,1H3,(H,28,33). The molecule has 0 atom stereocenters. The van der Waals surface area contributed by atoms with E-state index in [-0.39, 0.29) is 10.7 Å². The first-order chi connectivity index (χ1) is 16.6. The molecule has 1 aliphatic rings. The van der Waals surface area contributed by atoms with Crippen LogP contribution >= 0.6 is 11.6 Å². The molecule has 1 amide bonds. The number of carbonyl (C=O) groups is 1. The van der Waals surface area contributed by atoms with E-state index in [1.807, 2.05) is 4.90 Å². The number of halogens is 4. The minimum atomic E-state index is -5.03. The van der Waals surface area contributed by atoms with Gasteiger partial charge in [0.25, 0.3) is 5.91 Å². The van der Waals surface area contributed by atoms with E-state index in [4.69, 9.17) is 11.6 Å². The molecule has 4 rings (SSSR count). The maximum atomic E-state index is 13.8. The predicted octanol–water partition coefficient (Wildman–Crippen LogP) is 3.21. The third-order valence-electron chi connectivity index (χ3n) is 5.44. The number of anilines is 2. The quantitative estimate of drug-likeness (QED) is 0.395. The van der Waals surface area contributed by atoms with Gasteiger partial charge in [0.2, 0.25) is 0 Å². The van der Waals surface area contributed by atoms with E-state index in [0.717, 1.165) is 6.92 Å². The molecule has 0 bridgehead atoms. The summed E-state index contributed by atoms with van der Waals surface area (Å²) in [5.74, 6) is -2.11. The summed E-state index contributed by atoms with van der Waals surface area (Å²) in [5.41, 5.74) is -2.01. The van der Waals surface area contributed by atoms with Gasteiger partial charge in [-0.2, -0.15) is 13.2 Å². The van der Waals surface area contributed by atoms with Crippen LogP contribution in [0.3, 0.4) is 0 Å². The molecule has 15 heteroatoms. The zero-order chi connectivity index (χ0) is 25.3. The molecule has 0 aliphatic carbocycles. The number of benzene rings is 1. The van der Waals surface area contributed by atoms with Gasteiger partial charge in [-0.25, -0.2) is 4.68 Å². The Morgan fingerprint density at radius 2 is 1.97 bits per heavy atom. The highest BCUT2D eigenvalue weighted by molar-refractivity contribution is 6.33. The number of hydrogen-bond acceptors (Lipinski definition) is 8. The first-order valence-corrected chi connectivity index (χ1v) is 10.6. The number of piperazine rings is 1. The summed E-state index contributed by atoms with van der Waals surface area (Å²) in [6.45, 7) is 3.34. The van der Waals surface area contributed by atoms with E-state index >= 15 is 0 Å². The summed E-state index contributed by atoms with van der Waals surface area (Å²) in [6, 6.07) is 3.06. The topological polar surface area (TPSA) is 131 Å². The number of amides is 1. The Hall–Kier alpha value is -3.78. The van der Waals surface area contributed by atoms with Crippen molar-refractivity contribution >= 4 is 34.7 Å². The van der Waals surface area contributed by atoms with Gasteiger partial charge in [-0.05, 0) is 29.0 Å². The Kier molecular flexibility index (Phi) is 6.58. The number of alkyl halides is 3. The van der Waals surface area contributed by atoms with Crippen molar-refractivity contribution in [2.45, 2.75) is 13.1 Å². The van der Waals surface area contributed by atoms with Crippen LogP contribution < -0.4 is 15.5 Å². The fourth-order valence-corrected chi connectivity index (χ4v) is 4.09. The minimum absolute atomic E-state index is 0.177. The lowest BCUT2D eigenvalue weighted by Gasteiger charge is -2.31. The first kappa shape index (κ1) is 24.3. The normalized spacial score (nSPS) is 14.1. The highest BCUT2D eigenvalue weighted by Crippen LogP contribution is 2.39. The monoisotopic (exact) mass is 510 g/mol. The van der Waals surface area contributed by atoms with E-state index in [9.17, 15) is 28.1 Å². The van der Waals surface area contributed by atoms with Crippen molar-refractivity contribution in [2.75, 3.05) is 36.4 Å². The molecule has 2 N–H and O–H groups in total. The lowest BCUT2D eigenvalue weighted by Crippen LogP contribution is -2.43. The van der Waals surface area contributed by atoms with E-state index in [0.29, 0.717) is 43.8 Å². The molecule has 1 saturated heterocycles. The summed E-state index contributed by atoms with van der Waals surface area (Å²) >= 11 is 6.45. The molecule has 1 aromatic carbocycles. The third-order valence-corrected chi connectivity index (χ3v) is 5.74. The second-order valence-electron chi connectivity index (χ2n) is 7.61. The Morgan fingerprint density at radius 1 is 1.26 bits per heavy atom. The van der Waals surface area contributed by atoms with Gasteiger partial charge in [0.15, 0.2) is 6.20 Å². The predicted molar refractivity (Wildman–Crippen MR) is 120 cm³/mol. The summed E-state index contributed by atoms with van der Waals surface area (Å²) in [4.78, 5) is 28.6. The van der Waals surface area contributed by atoms with Gasteiger partial charge in [-0.15, -0.1) is 5.10 Å². The van der Waals surface area contributed by atoms with Crippen LogP contribution in [0.5, 0.6) is 0 Å². The van der Waals surface area contributed by atoms with Gasteiger partial charge in [0.1, 0.15) is 0 Å². The Balaban J connectivity index is 1.81. The number of nitro groups is 1. The molecular weight excluding hydrogens is 493 g/mol. The molecule has 0 saturated carbocycles. The van der Waals surface area contributed by atoms with E-state index in [2.05, 4.69) is 25.9 Å². The molecule has 0 unspecified atom stereocenters. The van der Waals surface area contributed by atoms with Crippen molar-refractivity contribution in [1.29, 1.82) is 0 Å². The van der Waals surface area contributed by atoms with Gasteiger partial charge >= 0.3 is 12.0 Å². The number of nitrogens with zero attached hydrogens (tertiary/aromatic N) is 6. The Bertz CT molecular complexity index is 1280. The molecule has 0 spiro atoms.